The lowest BCUT2D eigenvalue weighted by Crippen LogP contribution is -2.29. The Morgan fingerprint density at radius 3 is 1.42 bits per heavy atom. The summed E-state index contributed by atoms with van der Waals surface area (Å²) in [5, 5.41) is 0. The summed E-state index contributed by atoms with van der Waals surface area (Å²) in [6.45, 7) is 3.65. The summed E-state index contributed by atoms with van der Waals surface area (Å²) in [5.41, 5.74) is 5.35. The second kappa shape index (κ2) is 43.3. The maximum Gasteiger partial charge on any atom is 0.472 e. The van der Waals surface area contributed by atoms with Crippen LogP contribution >= 0.6 is 7.82 Å². The van der Waals surface area contributed by atoms with E-state index >= 15 is 0 Å². The number of hydrogen-bond acceptors (Lipinski definition) is 8. The van der Waals surface area contributed by atoms with Crippen LogP contribution in [0.5, 0.6) is 0 Å². The predicted molar refractivity (Wildman–Crippen MR) is 238 cm³/mol. The number of esters is 2. The molecule has 0 amide bonds. The van der Waals surface area contributed by atoms with Crippen LogP contribution in [0.2, 0.25) is 0 Å². The molecule has 0 rings (SSSR count). The van der Waals surface area contributed by atoms with Crippen molar-refractivity contribution in [3.05, 3.63) is 60.8 Å². The Labute approximate surface area is 349 Å². The molecule has 0 radical (unpaired) electrons. The van der Waals surface area contributed by atoms with Crippen LogP contribution in [0.25, 0.3) is 0 Å². The fourth-order valence-corrected chi connectivity index (χ4v) is 6.73. The van der Waals surface area contributed by atoms with Gasteiger partial charge in [-0.1, -0.05) is 158 Å². The molecule has 0 aliphatic heterocycles. The van der Waals surface area contributed by atoms with Crippen molar-refractivity contribution < 1.29 is 37.6 Å². The maximum atomic E-state index is 12.6. The summed E-state index contributed by atoms with van der Waals surface area (Å²) in [6, 6.07) is 0. The van der Waals surface area contributed by atoms with E-state index in [2.05, 4.69) is 74.6 Å². The number of ether oxygens (including phenoxy) is 2. The Morgan fingerprint density at radius 1 is 0.526 bits per heavy atom. The van der Waals surface area contributed by atoms with Crippen molar-refractivity contribution in [2.24, 2.45) is 5.73 Å². The van der Waals surface area contributed by atoms with Crippen molar-refractivity contribution in [3.8, 4) is 0 Å². The van der Waals surface area contributed by atoms with Crippen molar-refractivity contribution in [2.75, 3.05) is 26.4 Å². The summed E-state index contributed by atoms with van der Waals surface area (Å²) < 4.78 is 32.8. The maximum absolute atomic E-state index is 12.6. The van der Waals surface area contributed by atoms with Gasteiger partial charge < -0.3 is 20.1 Å². The molecule has 0 aliphatic carbocycles. The molecule has 57 heavy (non-hydrogen) atoms. The van der Waals surface area contributed by atoms with E-state index in [0.717, 1.165) is 57.8 Å². The standard InChI is InChI=1S/C47H84NO8P/c1-3-5-7-9-11-13-15-17-19-21-22-24-25-27-29-31-33-35-37-39-46(49)53-43-45(44-55-57(51,52)54-42-41-48)56-47(50)40-38-36-34-32-30-28-26-23-20-18-16-14-12-10-8-6-4-2/h11,13-14,16-17,19,22,24,27,29,45H,3-10,12,15,18,20-21,23,25-26,28,30-44,48H2,1-2H3,(H,51,52)/b13-11+,16-14+,19-17+,24-22+,29-27+/t45-/m1/s1. The van der Waals surface area contributed by atoms with Crippen LogP contribution in [0, 0.1) is 0 Å². The zero-order valence-corrected chi connectivity index (χ0v) is 37.2. The highest BCUT2D eigenvalue weighted by molar-refractivity contribution is 7.47. The normalized spacial score (nSPS) is 13.8. The van der Waals surface area contributed by atoms with E-state index in [1.54, 1.807) is 0 Å². The lowest BCUT2D eigenvalue weighted by molar-refractivity contribution is -0.161. The largest absolute Gasteiger partial charge is 0.472 e. The Hall–Kier alpha value is -2.29. The lowest BCUT2D eigenvalue weighted by atomic mass is 10.1. The van der Waals surface area contributed by atoms with Crippen molar-refractivity contribution >= 4 is 19.8 Å². The Kier molecular flexibility index (Phi) is 41.6. The highest BCUT2D eigenvalue weighted by Gasteiger charge is 2.26. The monoisotopic (exact) mass is 822 g/mol. The van der Waals surface area contributed by atoms with Crippen molar-refractivity contribution in [1.29, 1.82) is 0 Å². The van der Waals surface area contributed by atoms with Gasteiger partial charge >= 0.3 is 19.8 Å². The first-order valence-electron chi connectivity index (χ1n) is 22.8. The van der Waals surface area contributed by atoms with Gasteiger partial charge in [0.05, 0.1) is 13.2 Å². The van der Waals surface area contributed by atoms with Gasteiger partial charge in [-0.25, -0.2) is 4.57 Å². The van der Waals surface area contributed by atoms with Gasteiger partial charge in [-0.05, 0) is 83.5 Å². The molecule has 0 aromatic carbocycles. The number of hydrogen-bond donors (Lipinski definition) is 2. The number of carbonyl (C=O) groups is 2. The number of nitrogens with two attached hydrogens (primary N) is 1. The van der Waals surface area contributed by atoms with Crippen LogP contribution in [0.4, 0.5) is 0 Å². The van der Waals surface area contributed by atoms with Gasteiger partial charge in [0.1, 0.15) is 6.61 Å². The van der Waals surface area contributed by atoms with Crippen molar-refractivity contribution in [1.82, 2.24) is 0 Å². The first-order chi connectivity index (χ1) is 27.8. The Balaban J connectivity index is 4.20. The van der Waals surface area contributed by atoms with Crippen molar-refractivity contribution in [2.45, 2.75) is 200 Å². The van der Waals surface area contributed by atoms with Crippen LogP contribution in [-0.4, -0.2) is 49.3 Å². The molecule has 0 saturated heterocycles. The van der Waals surface area contributed by atoms with Gasteiger partial charge in [0.25, 0.3) is 0 Å². The van der Waals surface area contributed by atoms with Gasteiger partial charge in [-0.3, -0.25) is 18.6 Å². The van der Waals surface area contributed by atoms with Gasteiger partial charge in [0.15, 0.2) is 6.10 Å². The average Bonchev–Trinajstić information content (AvgIpc) is 3.20. The fourth-order valence-electron chi connectivity index (χ4n) is 5.96. The Bertz CT molecular complexity index is 1120. The van der Waals surface area contributed by atoms with Gasteiger partial charge in [0.2, 0.25) is 0 Å². The van der Waals surface area contributed by atoms with Crippen molar-refractivity contribution in [3.63, 3.8) is 0 Å². The molecular weight excluding hydrogens is 737 g/mol. The summed E-state index contributed by atoms with van der Waals surface area (Å²) in [6.07, 6.45) is 51.0. The second-order valence-electron chi connectivity index (χ2n) is 14.9. The highest BCUT2D eigenvalue weighted by atomic mass is 31.2. The Morgan fingerprint density at radius 2 is 0.912 bits per heavy atom. The van der Waals surface area contributed by atoms with Crippen LogP contribution in [0.1, 0.15) is 194 Å². The van der Waals surface area contributed by atoms with E-state index in [9.17, 15) is 19.0 Å². The van der Waals surface area contributed by atoms with Gasteiger partial charge in [-0.15, -0.1) is 0 Å². The van der Waals surface area contributed by atoms with E-state index in [4.69, 9.17) is 24.3 Å². The molecule has 0 fully saturated rings. The van der Waals surface area contributed by atoms with Crippen LogP contribution in [-0.2, 0) is 32.7 Å². The molecule has 10 heteroatoms. The molecule has 0 heterocycles. The molecule has 330 valence electrons. The second-order valence-corrected chi connectivity index (χ2v) is 16.4. The number of allylic oxidation sites excluding steroid dienone is 10. The molecule has 0 aliphatic rings. The van der Waals surface area contributed by atoms with Crippen LogP contribution in [0.3, 0.4) is 0 Å². The van der Waals surface area contributed by atoms with Gasteiger partial charge in [0, 0.05) is 19.4 Å². The third-order valence-electron chi connectivity index (χ3n) is 9.38. The smallest absolute Gasteiger partial charge is 0.462 e. The molecule has 0 spiro atoms. The SMILES string of the molecule is CCCCC/C=C/C/C=C/C/C=C/C/C=C/CCCCCC(=O)OC[C@H](COP(=O)(O)OCCN)OC(=O)CCCCCCCCCCC/C=C/CCCCCC. The molecular formula is C47H84NO8P. The van der Waals surface area contributed by atoms with E-state index in [1.165, 1.54) is 96.3 Å². The van der Waals surface area contributed by atoms with E-state index in [0.29, 0.717) is 12.8 Å². The fraction of sp³-hybridized carbons (Fsp3) is 0.745. The highest BCUT2D eigenvalue weighted by Crippen LogP contribution is 2.43. The summed E-state index contributed by atoms with van der Waals surface area (Å²) in [5.74, 6) is -0.868. The van der Waals surface area contributed by atoms with Gasteiger partial charge in [-0.2, -0.15) is 0 Å². The minimum Gasteiger partial charge on any atom is -0.462 e. The first kappa shape index (κ1) is 54.7. The van der Waals surface area contributed by atoms with Crippen LogP contribution < -0.4 is 5.73 Å². The molecule has 0 saturated carbocycles. The molecule has 2 atom stereocenters. The third kappa shape index (κ3) is 43.1. The number of rotatable bonds is 42. The number of carbonyl (C=O) groups excluding carboxylic acids is 2. The van der Waals surface area contributed by atoms with E-state index in [-0.39, 0.29) is 32.6 Å². The zero-order chi connectivity index (χ0) is 41.8. The van der Waals surface area contributed by atoms with E-state index in [1.807, 2.05) is 0 Å². The number of unbranched alkanes of at least 4 members (excludes halogenated alkanes) is 19. The molecule has 0 bridgehead atoms. The quantitative estimate of drug-likeness (QED) is 0.0267. The number of phosphoric ester groups is 1. The summed E-state index contributed by atoms with van der Waals surface area (Å²) in [4.78, 5) is 34.9. The number of phosphoric acid groups is 1. The van der Waals surface area contributed by atoms with E-state index < -0.39 is 32.5 Å². The molecule has 3 N–H and O–H groups in total. The van der Waals surface area contributed by atoms with Crippen LogP contribution in [0.15, 0.2) is 60.8 Å². The third-order valence-corrected chi connectivity index (χ3v) is 10.4. The molecule has 0 aromatic heterocycles. The zero-order valence-electron chi connectivity index (χ0n) is 36.3. The first-order valence-corrected chi connectivity index (χ1v) is 24.3. The molecule has 0 aromatic rings. The topological polar surface area (TPSA) is 134 Å². The minimum absolute atomic E-state index is 0.0463. The minimum atomic E-state index is -4.39. The molecule has 9 nitrogen and oxygen atoms in total. The molecule has 1 unspecified atom stereocenters. The summed E-state index contributed by atoms with van der Waals surface area (Å²) in [7, 11) is -4.39. The average molecular weight is 822 g/mol. The lowest BCUT2D eigenvalue weighted by Gasteiger charge is -2.19. The predicted octanol–water partition coefficient (Wildman–Crippen LogP) is 13.3. The summed E-state index contributed by atoms with van der Waals surface area (Å²) >= 11 is 0.